The van der Waals surface area contributed by atoms with Gasteiger partial charge in [-0.3, -0.25) is 4.79 Å². The van der Waals surface area contributed by atoms with E-state index in [4.69, 9.17) is 4.74 Å². The number of ether oxygens (including phenoxy) is 1. The van der Waals surface area contributed by atoms with E-state index in [0.717, 1.165) is 5.56 Å². The molecule has 1 aromatic carbocycles. The van der Waals surface area contributed by atoms with Gasteiger partial charge in [0.05, 0.1) is 17.4 Å². The Labute approximate surface area is 118 Å². The van der Waals surface area contributed by atoms with Crippen molar-refractivity contribution in [3.63, 3.8) is 0 Å². The van der Waals surface area contributed by atoms with Gasteiger partial charge in [0.25, 0.3) is 0 Å². The number of hydrogen-bond acceptors (Lipinski definition) is 4. The first-order valence-corrected chi connectivity index (χ1v) is 8.32. The van der Waals surface area contributed by atoms with Crippen molar-refractivity contribution in [2.24, 2.45) is 11.8 Å². The van der Waals surface area contributed by atoms with Crippen LogP contribution in [0.4, 0.5) is 0 Å². The normalized spacial score (nSPS) is 22.4. The summed E-state index contributed by atoms with van der Waals surface area (Å²) in [4.78, 5) is 11.3. The summed E-state index contributed by atoms with van der Waals surface area (Å²) in [5.74, 6) is -1.51. The maximum absolute atomic E-state index is 11.5. The minimum absolute atomic E-state index is 0.00102. The molecule has 0 saturated carbocycles. The summed E-state index contributed by atoms with van der Waals surface area (Å²) >= 11 is 0. The number of carboxylic acid groups (broad SMARTS) is 1. The van der Waals surface area contributed by atoms with Crippen LogP contribution in [0.15, 0.2) is 24.3 Å². The molecule has 1 aliphatic rings. The first kappa shape index (κ1) is 14.8. The lowest BCUT2D eigenvalue weighted by Crippen LogP contribution is -2.30. The first-order chi connectivity index (χ1) is 9.37. The van der Waals surface area contributed by atoms with Crippen LogP contribution in [0.25, 0.3) is 0 Å². The second kappa shape index (κ2) is 5.83. The van der Waals surface area contributed by atoms with Crippen molar-refractivity contribution in [2.75, 3.05) is 18.1 Å². The molecule has 1 N–H and O–H groups in total. The standard InChI is InChI=1S/C14H18O5S/c1-10-3-2-4-12(7-10)19-8-13(14(15)16)11-5-6-20(17,18)9-11/h2-4,7,11,13H,5-6,8-9H2,1H3,(H,15,16). The third-order valence-corrected chi connectivity index (χ3v) is 5.37. The summed E-state index contributed by atoms with van der Waals surface area (Å²) in [5, 5.41) is 9.26. The summed E-state index contributed by atoms with van der Waals surface area (Å²) in [7, 11) is -3.08. The highest BCUT2D eigenvalue weighted by Crippen LogP contribution is 2.27. The molecule has 2 rings (SSSR count). The second-order valence-electron chi connectivity index (χ2n) is 5.24. The van der Waals surface area contributed by atoms with Crippen molar-refractivity contribution in [1.29, 1.82) is 0 Å². The lowest BCUT2D eigenvalue weighted by molar-refractivity contribution is -0.144. The van der Waals surface area contributed by atoms with Gasteiger partial charge in [-0.1, -0.05) is 12.1 Å². The van der Waals surface area contributed by atoms with Crippen LogP contribution in [0.5, 0.6) is 5.75 Å². The van der Waals surface area contributed by atoms with Gasteiger partial charge < -0.3 is 9.84 Å². The van der Waals surface area contributed by atoms with Crippen LogP contribution in [-0.4, -0.2) is 37.6 Å². The predicted molar refractivity (Wildman–Crippen MR) is 74.6 cm³/mol. The molecule has 1 heterocycles. The average Bonchev–Trinajstić information content (AvgIpc) is 2.69. The van der Waals surface area contributed by atoms with Crippen LogP contribution in [-0.2, 0) is 14.6 Å². The molecule has 1 saturated heterocycles. The molecule has 20 heavy (non-hydrogen) atoms. The molecule has 1 aliphatic heterocycles. The van der Waals surface area contributed by atoms with Crippen LogP contribution in [0.1, 0.15) is 12.0 Å². The van der Waals surface area contributed by atoms with E-state index in [1.807, 2.05) is 25.1 Å². The molecule has 6 heteroatoms. The Kier molecular flexibility index (Phi) is 4.32. The van der Waals surface area contributed by atoms with Gasteiger partial charge in [-0.15, -0.1) is 0 Å². The predicted octanol–water partition coefficient (Wildman–Crippen LogP) is 1.51. The quantitative estimate of drug-likeness (QED) is 0.891. The first-order valence-electron chi connectivity index (χ1n) is 6.50. The fraction of sp³-hybridized carbons (Fsp3) is 0.500. The van der Waals surface area contributed by atoms with Crippen molar-refractivity contribution < 1.29 is 23.1 Å². The van der Waals surface area contributed by atoms with E-state index in [9.17, 15) is 18.3 Å². The number of aryl methyl sites for hydroxylation is 1. The van der Waals surface area contributed by atoms with Gasteiger partial charge in [-0.05, 0) is 37.0 Å². The van der Waals surface area contributed by atoms with E-state index < -0.39 is 21.7 Å². The zero-order valence-electron chi connectivity index (χ0n) is 11.3. The smallest absolute Gasteiger partial charge is 0.310 e. The summed E-state index contributed by atoms with van der Waals surface area (Å²) in [6, 6.07) is 7.34. The fourth-order valence-corrected chi connectivity index (χ4v) is 4.32. The Bertz CT molecular complexity index is 593. The van der Waals surface area contributed by atoms with E-state index in [-0.39, 0.29) is 24.0 Å². The maximum atomic E-state index is 11.5. The van der Waals surface area contributed by atoms with E-state index in [2.05, 4.69) is 0 Å². The molecule has 2 atom stereocenters. The fourth-order valence-electron chi connectivity index (χ4n) is 2.44. The highest BCUT2D eigenvalue weighted by atomic mass is 32.2. The molecular weight excluding hydrogens is 280 g/mol. The van der Waals surface area contributed by atoms with Crippen LogP contribution >= 0.6 is 0 Å². The van der Waals surface area contributed by atoms with Crippen LogP contribution in [0.2, 0.25) is 0 Å². The van der Waals surface area contributed by atoms with Crippen molar-refractivity contribution in [1.82, 2.24) is 0 Å². The SMILES string of the molecule is Cc1cccc(OCC(C(=O)O)C2CCS(=O)(=O)C2)c1. The van der Waals surface area contributed by atoms with Gasteiger partial charge in [-0.2, -0.15) is 0 Å². The number of sulfone groups is 1. The number of carbonyl (C=O) groups is 1. The number of carboxylic acids is 1. The molecule has 0 bridgehead atoms. The number of hydrogen-bond donors (Lipinski definition) is 1. The Morgan fingerprint density at radius 2 is 2.25 bits per heavy atom. The van der Waals surface area contributed by atoms with Crippen LogP contribution in [0.3, 0.4) is 0 Å². The lowest BCUT2D eigenvalue weighted by atomic mass is 9.93. The zero-order chi connectivity index (χ0) is 14.8. The number of rotatable bonds is 5. The van der Waals surface area contributed by atoms with Gasteiger partial charge in [0.2, 0.25) is 0 Å². The van der Waals surface area contributed by atoms with Crippen molar-refractivity contribution >= 4 is 15.8 Å². The molecule has 0 aromatic heterocycles. The van der Waals surface area contributed by atoms with Gasteiger partial charge >= 0.3 is 5.97 Å². The Morgan fingerprint density at radius 3 is 2.80 bits per heavy atom. The summed E-state index contributed by atoms with van der Waals surface area (Å²) in [6.45, 7) is 1.92. The molecule has 0 aliphatic carbocycles. The summed E-state index contributed by atoms with van der Waals surface area (Å²) < 4.78 is 28.4. The molecule has 0 radical (unpaired) electrons. The minimum Gasteiger partial charge on any atom is -0.493 e. The van der Waals surface area contributed by atoms with E-state index in [0.29, 0.717) is 12.2 Å². The second-order valence-corrected chi connectivity index (χ2v) is 7.46. The van der Waals surface area contributed by atoms with Gasteiger partial charge in [0.15, 0.2) is 9.84 Å². The highest BCUT2D eigenvalue weighted by molar-refractivity contribution is 7.91. The molecule has 1 fully saturated rings. The van der Waals surface area contributed by atoms with Crippen molar-refractivity contribution in [2.45, 2.75) is 13.3 Å². The van der Waals surface area contributed by atoms with Gasteiger partial charge in [0, 0.05) is 0 Å². The molecule has 0 amide bonds. The largest absolute Gasteiger partial charge is 0.493 e. The number of aliphatic carboxylic acids is 1. The third kappa shape index (κ3) is 3.72. The van der Waals surface area contributed by atoms with Crippen LogP contribution in [0, 0.1) is 18.8 Å². The van der Waals surface area contributed by atoms with E-state index in [1.54, 1.807) is 6.07 Å². The average molecular weight is 298 g/mol. The van der Waals surface area contributed by atoms with Crippen molar-refractivity contribution in [3.05, 3.63) is 29.8 Å². The lowest BCUT2D eigenvalue weighted by Gasteiger charge is -2.18. The number of benzene rings is 1. The van der Waals surface area contributed by atoms with Gasteiger partial charge in [0.1, 0.15) is 12.4 Å². The molecular formula is C14H18O5S. The molecule has 5 nitrogen and oxygen atoms in total. The minimum atomic E-state index is -3.08. The van der Waals surface area contributed by atoms with Crippen molar-refractivity contribution in [3.8, 4) is 5.75 Å². The third-order valence-electron chi connectivity index (χ3n) is 3.57. The van der Waals surface area contributed by atoms with E-state index >= 15 is 0 Å². The monoisotopic (exact) mass is 298 g/mol. The summed E-state index contributed by atoms with van der Waals surface area (Å²) in [6.07, 6.45) is 0.399. The maximum Gasteiger partial charge on any atom is 0.310 e. The topological polar surface area (TPSA) is 80.7 Å². The molecule has 0 spiro atoms. The van der Waals surface area contributed by atoms with E-state index in [1.165, 1.54) is 0 Å². The Morgan fingerprint density at radius 1 is 1.50 bits per heavy atom. The summed E-state index contributed by atoms with van der Waals surface area (Å²) in [5.41, 5.74) is 1.03. The molecule has 2 unspecified atom stereocenters. The molecule has 110 valence electrons. The van der Waals surface area contributed by atoms with Gasteiger partial charge in [-0.25, -0.2) is 8.42 Å². The zero-order valence-corrected chi connectivity index (χ0v) is 12.1. The van der Waals surface area contributed by atoms with Crippen LogP contribution < -0.4 is 4.74 Å². The molecule has 1 aromatic rings. The Balaban J connectivity index is 2.02. The highest BCUT2D eigenvalue weighted by Gasteiger charge is 2.37. The Hall–Kier alpha value is -1.56.